The summed E-state index contributed by atoms with van der Waals surface area (Å²) >= 11 is 3.76. The molecular formula is C46H29NS2. The average molecular weight is 660 g/mol. The number of hydrogen-bond acceptors (Lipinski definition) is 3. The maximum atomic E-state index is 2.49. The van der Waals surface area contributed by atoms with Gasteiger partial charge in [0.1, 0.15) is 0 Å². The van der Waals surface area contributed by atoms with Crippen LogP contribution in [-0.4, -0.2) is 0 Å². The Balaban J connectivity index is 1.22. The minimum absolute atomic E-state index is 1.14. The first-order chi connectivity index (χ1) is 24.3. The van der Waals surface area contributed by atoms with E-state index in [-0.39, 0.29) is 0 Å². The summed E-state index contributed by atoms with van der Waals surface area (Å²) in [4.78, 5) is 2.49. The van der Waals surface area contributed by atoms with Gasteiger partial charge in [-0.3, -0.25) is 0 Å². The SMILES string of the molecule is c1ccc(-c2ccc3ccccc3c2-c2ccc(N(c3cccc4c3sc3ccccc34)c3cccc4c3sc3ccccc34)cc2)cc1. The van der Waals surface area contributed by atoms with E-state index < -0.39 is 0 Å². The summed E-state index contributed by atoms with van der Waals surface area (Å²) in [6, 6.07) is 64.3. The lowest BCUT2D eigenvalue weighted by Crippen LogP contribution is -2.10. The van der Waals surface area contributed by atoms with E-state index in [9.17, 15) is 0 Å². The predicted molar refractivity (Wildman–Crippen MR) is 215 cm³/mol. The maximum absolute atomic E-state index is 2.49. The van der Waals surface area contributed by atoms with Crippen molar-refractivity contribution in [3.05, 3.63) is 176 Å². The molecule has 0 fully saturated rings. The van der Waals surface area contributed by atoms with Gasteiger partial charge in [-0.1, -0.05) is 140 Å². The van der Waals surface area contributed by atoms with Crippen molar-refractivity contribution in [1.82, 2.24) is 0 Å². The Bertz CT molecular complexity index is 2710. The lowest BCUT2D eigenvalue weighted by molar-refractivity contribution is 1.32. The normalized spacial score (nSPS) is 11.7. The van der Waals surface area contributed by atoms with Gasteiger partial charge in [-0.15, -0.1) is 22.7 Å². The van der Waals surface area contributed by atoms with Crippen LogP contribution >= 0.6 is 22.7 Å². The molecule has 0 saturated carbocycles. The second-order valence-electron chi connectivity index (χ2n) is 12.5. The van der Waals surface area contributed by atoms with Crippen LogP contribution in [-0.2, 0) is 0 Å². The van der Waals surface area contributed by atoms with Crippen molar-refractivity contribution in [2.75, 3.05) is 4.90 Å². The summed E-state index contributed by atoms with van der Waals surface area (Å²) in [6.07, 6.45) is 0. The van der Waals surface area contributed by atoms with Crippen molar-refractivity contribution in [2.45, 2.75) is 0 Å². The standard InChI is InChI=1S/C46H29NS2/c1-2-12-30(13-3-1)35-29-26-31-14-4-5-15-34(31)44(35)32-24-27-33(28-25-32)47(40-20-10-18-38-36-16-6-8-22-42(36)48-45(38)40)41-21-11-19-39-37-17-7-9-23-43(37)49-46(39)41/h1-29H. The van der Waals surface area contributed by atoms with E-state index in [0.29, 0.717) is 0 Å². The zero-order valence-electron chi connectivity index (χ0n) is 26.5. The number of nitrogens with zero attached hydrogens (tertiary/aromatic N) is 1. The summed E-state index contributed by atoms with van der Waals surface area (Å²) in [7, 11) is 0. The first-order valence-corrected chi connectivity index (χ1v) is 18.2. The quantitative estimate of drug-likeness (QED) is 0.178. The summed E-state index contributed by atoms with van der Waals surface area (Å²) in [5.41, 5.74) is 8.48. The number of fused-ring (bicyclic) bond motifs is 7. The maximum Gasteiger partial charge on any atom is 0.0640 e. The molecule has 1 nitrogen and oxygen atoms in total. The molecule has 0 radical (unpaired) electrons. The molecule has 10 aromatic rings. The highest BCUT2D eigenvalue weighted by molar-refractivity contribution is 7.27. The zero-order chi connectivity index (χ0) is 32.3. The number of thiophene rings is 2. The van der Waals surface area contributed by atoms with Crippen LogP contribution in [0, 0.1) is 0 Å². The van der Waals surface area contributed by atoms with Crippen LogP contribution in [0.15, 0.2) is 176 Å². The van der Waals surface area contributed by atoms with Gasteiger partial charge in [-0.05, 0) is 69.4 Å². The van der Waals surface area contributed by atoms with E-state index >= 15 is 0 Å². The van der Waals surface area contributed by atoms with Gasteiger partial charge < -0.3 is 4.90 Å². The van der Waals surface area contributed by atoms with Gasteiger partial charge in [0.15, 0.2) is 0 Å². The molecule has 3 heteroatoms. The minimum Gasteiger partial charge on any atom is -0.308 e. The highest BCUT2D eigenvalue weighted by Crippen LogP contribution is 2.49. The van der Waals surface area contributed by atoms with Gasteiger partial charge in [-0.2, -0.15) is 0 Å². The zero-order valence-corrected chi connectivity index (χ0v) is 28.1. The number of hydrogen-bond donors (Lipinski definition) is 0. The molecule has 8 aromatic carbocycles. The lowest BCUT2D eigenvalue weighted by Gasteiger charge is -2.27. The highest BCUT2D eigenvalue weighted by Gasteiger charge is 2.22. The van der Waals surface area contributed by atoms with E-state index in [1.54, 1.807) is 0 Å². The number of benzene rings is 8. The molecule has 0 aliphatic heterocycles. The molecule has 0 bridgehead atoms. The molecule has 2 heterocycles. The van der Waals surface area contributed by atoms with Crippen molar-refractivity contribution >= 4 is 90.9 Å². The van der Waals surface area contributed by atoms with E-state index in [4.69, 9.17) is 0 Å². The van der Waals surface area contributed by atoms with Crippen molar-refractivity contribution in [2.24, 2.45) is 0 Å². The molecule has 2 aromatic heterocycles. The van der Waals surface area contributed by atoms with Gasteiger partial charge in [0.2, 0.25) is 0 Å². The fraction of sp³-hybridized carbons (Fsp3) is 0. The fourth-order valence-electron chi connectivity index (χ4n) is 7.44. The average Bonchev–Trinajstić information content (AvgIpc) is 3.75. The first kappa shape index (κ1) is 28.3. The summed E-state index contributed by atoms with van der Waals surface area (Å²) in [5, 5.41) is 7.72. The van der Waals surface area contributed by atoms with Gasteiger partial charge in [0.25, 0.3) is 0 Å². The monoisotopic (exact) mass is 659 g/mol. The van der Waals surface area contributed by atoms with Crippen LogP contribution in [0.5, 0.6) is 0 Å². The van der Waals surface area contributed by atoms with Crippen LogP contribution in [0.1, 0.15) is 0 Å². The molecule has 0 saturated heterocycles. The van der Waals surface area contributed by atoms with Crippen molar-refractivity contribution < 1.29 is 0 Å². The predicted octanol–water partition coefficient (Wildman–Crippen LogP) is 14.4. The third kappa shape index (κ3) is 4.58. The van der Waals surface area contributed by atoms with Crippen molar-refractivity contribution in [1.29, 1.82) is 0 Å². The minimum atomic E-state index is 1.14. The van der Waals surface area contributed by atoms with Gasteiger partial charge >= 0.3 is 0 Å². The molecule has 0 aliphatic carbocycles. The van der Waals surface area contributed by atoms with Crippen LogP contribution in [0.3, 0.4) is 0 Å². The third-order valence-corrected chi connectivity index (χ3v) is 12.1. The molecule has 0 spiro atoms. The molecule has 0 atom stereocenters. The highest BCUT2D eigenvalue weighted by atomic mass is 32.1. The summed E-state index contributed by atoms with van der Waals surface area (Å²) in [6.45, 7) is 0. The molecule has 0 amide bonds. The van der Waals surface area contributed by atoms with Gasteiger partial charge in [0.05, 0.1) is 20.8 Å². The smallest absolute Gasteiger partial charge is 0.0640 e. The topological polar surface area (TPSA) is 3.24 Å². The van der Waals surface area contributed by atoms with E-state index in [2.05, 4.69) is 181 Å². The Hall–Kier alpha value is -5.74. The van der Waals surface area contributed by atoms with Crippen molar-refractivity contribution in [3.8, 4) is 22.3 Å². The molecule has 230 valence electrons. The second-order valence-corrected chi connectivity index (χ2v) is 14.6. The van der Waals surface area contributed by atoms with Gasteiger partial charge in [-0.25, -0.2) is 0 Å². The molecule has 0 aliphatic rings. The Morgan fingerprint density at radius 3 is 1.51 bits per heavy atom. The Labute approximate surface area is 292 Å². The molecule has 49 heavy (non-hydrogen) atoms. The van der Waals surface area contributed by atoms with E-state index in [0.717, 1.165) is 5.69 Å². The summed E-state index contributed by atoms with van der Waals surface area (Å²) in [5.74, 6) is 0. The molecule has 0 unspecified atom stereocenters. The van der Waals surface area contributed by atoms with Crippen LogP contribution in [0.2, 0.25) is 0 Å². The molecular weight excluding hydrogens is 631 g/mol. The third-order valence-electron chi connectivity index (χ3n) is 9.68. The number of rotatable bonds is 5. The number of anilines is 3. The fourth-order valence-corrected chi connectivity index (χ4v) is 9.86. The molecule has 0 N–H and O–H groups in total. The Morgan fingerprint density at radius 2 is 0.878 bits per heavy atom. The van der Waals surface area contributed by atoms with E-state index in [1.165, 1.54) is 84.7 Å². The van der Waals surface area contributed by atoms with Crippen LogP contribution in [0.25, 0.3) is 73.4 Å². The Morgan fingerprint density at radius 1 is 0.347 bits per heavy atom. The second kappa shape index (κ2) is 11.5. The van der Waals surface area contributed by atoms with Crippen LogP contribution < -0.4 is 4.90 Å². The molecule has 10 rings (SSSR count). The lowest BCUT2D eigenvalue weighted by atomic mass is 9.89. The van der Waals surface area contributed by atoms with Crippen LogP contribution in [0.4, 0.5) is 17.1 Å². The van der Waals surface area contributed by atoms with Crippen molar-refractivity contribution in [3.63, 3.8) is 0 Å². The van der Waals surface area contributed by atoms with E-state index in [1.807, 2.05) is 22.7 Å². The Kier molecular flexibility index (Phi) is 6.61. The summed E-state index contributed by atoms with van der Waals surface area (Å²) < 4.78 is 5.21. The first-order valence-electron chi connectivity index (χ1n) is 16.6. The van der Waals surface area contributed by atoms with Gasteiger partial charge in [0, 0.05) is 36.6 Å². The largest absolute Gasteiger partial charge is 0.308 e.